The molecule has 3 heteroatoms. The second-order valence-corrected chi connectivity index (χ2v) is 16.0. The molecule has 1 nitrogen and oxygen atoms in total. The van der Waals surface area contributed by atoms with Crippen LogP contribution < -0.4 is 0 Å². The van der Waals surface area contributed by atoms with Gasteiger partial charge in [-0.1, -0.05) is 0 Å². The normalized spacial score (nSPS) is 10.7. The van der Waals surface area contributed by atoms with Crippen molar-refractivity contribution in [3.8, 4) is 0 Å². The van der Waals surface area contributed by atoms with Crippen LogP contribution in [0.3, 0.4) is 0 Å². The molecule has 0 unspecified atom stereocenters. The Kier molecular flexibility index (Phi) is 21.2. The first kappa shape index (κ1) is 21.3. The summed E-state index contributed by atoms with van der Waals surface area (Å²) >= 11 is -0.839. The predicted octanol–water partition coefficient (Wildman–Crippen LogP) is 5.77. The molecule has 0 aromatic heterocycles. The first-order chi connectivity index (χ1) is 8.62. The number of unbranched alkanes of at least 4 members (excludes halogenated alkanes) is 3. The van der Waals surface area contributed by atoms with E-state index < -0.39 is 19.8 Å². The maximum atomic E-state index is 4.85. The molecule has 0 atom stereocenters. The largest absolute Gasteiger partial charge is 0.420 e. The van der Waals surface area contributed by atoms with Gasteiger partial charge in [-0.2, -0.15) is 0 Å². The molecule has 0 aliphatic rings. The van der Waals surface area contributed by atoms with E-state index in [1.54, 1.807) is 20.4 Å². The Labute approximate surface area is 126 Å². The van der Waals surface area contributed by atoms with Gasteiger partial charge in [-0.05, 0) is 13.1 Å². The number of hydrogen-bond acceptors (Lipinski definition) is 1. The van der Waals surface area contributed by atoms with Crippen molar-refractivity contribution in [3.05, 3.63) is 0 Å². The number of hydrogen-bond donors (Lipinski definition) is 0. The van der Waals surface area contributed by atoms with Crippen LogP contribution in [-0.4, -0.2) is 35.9 Å². The van der Waals surface area contributed by atoms with Crippen molar-refractivity contribution < 1.29 is 4.43 Å². The van der Waals surface area contributed by atoms with E-state index in [9.17, 15) is 0 Å². The van der Waals surface area contributed by atoms with Gasteiger partial charge in [0.05, 0.1) is 0 Å². The summed E-state index contributed by atoms with van der Waals surface area (Å²) in [6, 6.07) is 0. The van der Waals surface area contributed by atoms with E-state index in [1.165, 1.54) is 38.5 Å². The molecule has 0 bridgehead atoms. The summed E-state index contributed by atoms with van der Waals surface area (Å²) in [5.74, 6) is 0. The third kappa shape index (κ3) is 19.3. The minimum Gasteiger partial charge on any atom is -0.420 e. The standard InChI is InChI=1S/3C4H9.C3H9OSi.Sn/c3*1-3-4-2;1-4-5(2)3;/h3*1,3-4H2,2H3;1-3H3;. The molecular weight excluding hydrogens is 343 g/mol. The van der Waals surface area contributed by atoms with Gasteiger partial charge in [0.15, 0.2) is 0 Å². The van der Waals surface area contributed by atoms with Gasteiger partial charge in [0.1, 0.15) is 0 Å². The molecule has 2 radical (unpaired) electrons. The van der Waals surface area contributed by atoms with Crippen LogP contribution in [0.2, 0.25) is 26.4 Å². The Balaban J connectivity index is 0. The molecule has 0 amide bonds. The van der Waals surface area contributed by atoms with Crippen LogP contribution in [0.15, 0.2) is 0 Å². The van der Waals surface area contributed by atoms with Gasteiger partial charge in [-0.3, -0.25) is 0 Å². The van der Waals surface area contributed by atoms with Crippen molar-refractivity contribution in [2.75, 3.05) is 7.11 Å². The third-order valence-corrected chi connectivity index (χ3v) is 13.0. The minimum absolute atomic E-state index is 0.374. The zero-order valence-electron chi connectivity index (χ0n) is 13.8. The van der Waals surface area contributed by atoms with Gasteiger partial charge >= 0.3 is 92.4 Å². The van der Waals surface area contributed by atoms with Crippen molar-refractivity contribution in [2.45, 2.75) is 85.7 Å². The van der Waals surface area contributed by atoms with Gasteiger partial charge in [-0.25, -0.2) is 0 Å². The minimum atomic E-state index is -0.839. The van der Waals surface area contributed by atoms with Gasteiger partial charge in [0.2, 0.25) is 9.04 Å². The molecule has 0 spiro atoms. The van der Waals surface area contributed by atoms with Gasteiger partial charge in [-0.15, -0.1) is 0 Å². The molecule has 18 heavy (non-hydrogen) atoms. The van der Waals surface area contributed by atoms with E-state index in [1.807, 2.05) is 0 Å². The molecule has 110 valence electrons. The summed E-state index contributed by atoms with van der Waals surface area (Å²) in [6.07, 6.45) is 8.85. The van der Waals surface area contributed by atoms with E-state index in [-0.39, 0.29) is 9.04 Å². The smallest absolute Gasteiger partial charge is 0.204 e. The maximum Gasteiger partial charge on any atom is 0.204 e. The monoisotopic (exact) mass is 380 g/mol. The molecule has 0 saturated carbocycles. The summed E-state index contributed by atoms with van der Waals surface area (Å²) in [7, 11) is 1.37. The van der Waals surface area contributed by atoms with Crippen LogP contribution in [0, 0.1) is 0 Å². The quantitative estimate of drug-likeness (QED) is 0.438. The molecule has 0 heterocycles. The fourth-order valence-electron chi connectivity index (χ4n) is 1.66. The van der Waals surface area contributed by atoms with Crippen LogP contribution in [0.25, 0.3) is 0 Å². The van der Waals surface area contributed by atoms with E-state index in [2.05, 4.69) is 33.9 Å². The maximum absolute atomic E-state index is 4.85. The molecular formula is C15H36OSiSn. The van der Waals surface area contributed by atoms with Crippen molar-refractivity contribution in [1.82, 2.24) is 0 Å². The Morgan fingerprint density at radius 2 is 1.06 bits per heavy atom. The average Bonchev–Trinajstić information content (AvgIpc) is 2.38. The van der Waals surface area contributed by atoms with Gasteiger partial charge in [0, 0.05) is 7.11 Å². The van der Waals surface area contributed by atoms with Gasteiger partial charge < -0.3 is 4.43 Å². The Morgan fingerprint density at radius 3 is 1.22 bits per heavy atom. The van der Waals surface area contributed by atoms with Gasteiger partial charge in [0.25, 0.3) is 0 Å². The SMILES string of the molecule is CCC[CH2][Sn]([CH2]CCC)[CH2]CCC.CO[Si](C)C. The van der Waals surface area contributed by atoms with E-state index in [4.69, 9.17) is 4.43 Å². The molecule has 0 fully saturated rings. The molecule has 0 saturated heterocycles. The first-order valence-corrected chi connectivity index (χ1v) is 16.3. The van der Waals surface area contributed by atoms with Crippen LogP contribution >= 0.6 is 0 Å². The molecule has 0 rings (SSSR count). The summed E-state index contributed by atoms with van der Waals surface area (Å²) in [5.41, 5.74) is 0. The van der Waals surface area contributed by atoms with Crippen molar-refractivity contribution in [1.29, 1.82) is 0 Å². The van der Waals surface area contributed by atoms with Crippen LogP contribution in [0.4, 0.5) is 0 Å². The zero-order chi connectivity index (χ0) is 14.2. The Hall–Kier alpha value is 0.976. The van der Waals surface area contributed by atoms with E-state index in [0.29, 0.717) is 0 Å². The predicted molar refractivity (Wildman–Crippen MR) is 89.4 cm³/mol. The fourth-order valence-corrected chi connectivity index (χ4v) is 11.1. The topological polar surface area (TPSA) is 9.23 Å². The summed E-state index contributed by atoms with van der Waals surface area (Å²) in [4.78, 5) is 0. The first-order valence-electron chi connectivity index (χ1n) is 7.79. The second-order valence-electron chi connectivity index (χ2n) is 5.17. The molecule has 0 aromatic rings. The molecule has 0 aliphatic heterocycles. The number of rotatable bonds is 10. The van der Waals surface area contributed by atoms with E-state index >= 15 is 0 Å². The van der Waals surface area contributed by atoms with Crippen LogP contribution in [-0.2, 0) is 4.43 Å². The van der Waals surface area contributed by atoms with Crippen molar-refractivity contribution in [2.24, 2.45) is 0 Å². The summed E-state index contributed by atoms with van der Waals surface area (Å²) < 4.78 is 9.89. The average molecular weight is 379 g/mol. The van der Waals surface area contributed by atoms with Crippen LogP contribution in [0.5, 0.6) is 0 Å². The molecule has 0 N–H and O–H groups in total. The second kappa shape index (κ2) is 18.0. The van der Waals surface area contributed by atoms with Crippen LogP contribution in [0.1, 0.15) is 59.3 Å². The molecule has 0 aliphatic carbocycles. The fraction of sp³-hybridized carbons (Fsp3) is 1.00. The summed E-state index contributed by atoms with van der Waals surface area (Å²) in [5, 5.41) is 0. The van der Waals surface area contributed by atoms with Crippen molar-refractivity contribution >= 4 is 28.8 Å². The zero-order valence-corrected chi connectivity index (χ0v) is 17.6. The molecule has 0 aromatic carbocycles. The van der Waals surface area contributed by atoms with Crippen molar-refractivity contribution in [3.63, 3.8) is 0 Å². The Morgan fingerprint density at radius 1 is 0.778 bits per heavy atom. The summed E-state index contributed by atoms with van der Waals surface area (Å²) in [6.45, 7) is 11.2. The Bertz CT molecular complexity index is 123. The van der Waals surface area contributed by atoms with E-state index in [0.717, 1.165) is 0 Å². The third-order valence-electron chi connectivity index (χ3n) is 3.06.